The van der Waals surface area contributed by atoms with Gasteiger partial charge >= 0.3 is 0 Å². The van der Waals surface area contributed by atoms with Crippen molar-refractivity contribution in [1.29, 1.82) is 0 Å². The number of benzene rings is 9. The third-order valence-electron chi connectivity index (χ3n) is 13.0. The summed E-state index contributed by atoms with van der Waals surface area (Å²) in [5.74, 6) is 1.90. The third kappa shape index (κ3) is 5.57. The van der Waals surface area contributed by atoms with Crippen molar-refractivity contribution in [2.24, 2.45) is 0 Å². The Hall–Kier alpha value is -7.99. The van der Waals surface area contributed by atoms with Crippen molar-refractivity contribution in [3.63, 3.8) is 0 Å². The average molecular weight is 833 g/mol. The Morgan fingerprint density at radius 3 is 1.48 bits per heavy atom. The Morgan fingerprint density at radius 1 is 0.328 bits per heavy atom. The minimum Gasteiger partial charge on any atom is -0.247 e. The molecule has 2 aromatic heterocycles. The largest absolute Gasteiger partial charge is 0.247 e. The molecule has 4 nitrogen and oxygen atoms in total. The molecule has 64 heavy (non-hydrogen) atoms. The zero-order chi connectivity index (χ0) is 42.2. The maximum absolute atomic E-state index is 5.55. The summed E-state index contributed by atoms with van der Waals surface area (Å²) in [5.41, 5.74) is 15.3. The first-order valence-corrected chi connectivity index (χ1v) is 22.4. The van der Waals surface area contributed by atoms with Gasteiger partial charge in [-0.1, -0.05) is 206 Å². The normalized spacial score (nSPS) is 13.1. The highest BCUT2D eigenvalue weighted by atomic mass is 32.2. The number of nitrogens with zero attached hydrogens (tertiary/aromatic N) is 4. The van der Waals surface area contributed by atoms with E-state index in [0.717, 1.165) is 55.4 Å². The molecule has 0 amide bonds. The zero-order valence-electron chi connectivity index (χ0n) is 34.5. The van der Waals surface area contributed by atoms with Gasteiger partial charge in [0.15, 0.2) is 17.5 Å². The van der Waals surface area contributed by atoms with Crippen LogP contribution in [-0.4, -0.2) is 19.9 Å². The lowest BCUT2D eigenvalue weighted by Gasteiger charge is -2.39. The Labute approximate surface area is 375 Å². The van der Waals surface area contributed by atoms with Crippen LogP contribution in [0, 0.1) is 0 Å². The minimum atomic E-state index is -0.475. The molecular formula is C59H36N4S. The number of aromatic nitrogens is 4. The van der Waals surface area contributed by atoms with E-state index < -0.39 is 5.41 Å². The fourth-order valence-corrected chi connectivity index (χ4v) is 11.4. The summed E-state index contributed by atoms with van der Waals surface area (Å²) in [4.78, 5) is 23.2. The van der Waals surface area contributed by atoms with Crippen LogP contribution in [0.25, 0.3) is 89.4 Å². The van der Waals surface area contributed by atoms with E-state index in [2.05, 4.69) is 158 Å². The SMILES string of the molecule is c1ccc(-c2nc(-c3ccccc3)nc(-c3cccc(-c4ccc5c(c4)nc(-c4ccccc4)c4ccc6c(c45)-c4ccccc4C64c5ccccc5Sc5ccccc54)c3)n2)cc1. The van der Waals surface area contributed by atoms with Crippen molar-refractivity contribution < 1.29 is 0 Å². The summed E-state index contributed by atoms with van der Waals surface area (Å²) in [6.45, 7) is 0. The Morgan fingerprint density at radius 2 is 0.828 bits per heavy atom. The molecule has 0 bridgehead atoms. The fourth-order valence-electron chi connectivity index (χ4n) is 10.2. The van der Waals surface area contributed by atoms with Crippen LogP contribution in [0.1, 0.15) is 22.3 Å². The van der Waals surface area contributed by atoms with Crippen LogP contribution in [0.2, 0.25) is 0 Å². The summed E-state index contributed by atoms with van der Waals surface area (Å²) < 4.78 is 0. The minimum absolute atomic E-state index is 0.475. The Bertz CT molecular complexity index is 3540. The van der Waals surface area contributed by atoms with Crippen LogP contribution in [0.15, 0.2) is 228 Å². The smallest absolute Gasteiger partial charge is 0.164 e. The lowest BCUT2D eigenvalue weighted by Crippen LogP contribution is -2.31. The van der Waals surface area contributed by atoms with Crippen LogP contribution in [0.4, 0.5) is 0 Å². The van der Waals surface area contributed by atoms with Crippen LogP contribution in [-0.2, 0) is 5.41 Å². The van der Waals surface area contributed by atoms with Crippen LogP contribution < -0.4 is 0 Å². The first-order valence-electron chi connectivity index (χ1n) is 21.6. The highest BCUT2D eigenvalue weighted by Gasteiger charge is 2.50. The topological polar surface area (TPSA) is 51.6 Å². The number of rotatable bonds is 5. The van der Waals surface area contributed by atoms with Crippen LogP contribution in [0.5, 0.6) is 0 Å². The van der Waals surface area contributed by atoms with Crippen molar-refractivity contribution in [3.8, 4) is 67.7 Å². The highest BCUT2D eigenvalue weighted by molar-refractivity contribution is 7.99. The molecule has 5 heteroatoms. The second kappa shape index (κ2) is 14.6. The van der Waals surface area contributed by atoms with Crippen molar-refractivity contribution in [2.75, 3.05) is 0 Å². The van der Waals surface area contributed by atoms with E-state index in [1.165, 1.54) is 48.6 Å². The number of fused-ring (bicyclic) bond motifs is 13. The van der Waals surface area contributed by atoms with E-state index in [1.807, 2.05) is 72.4 Å². The summed E-state index contributed by atoms with van der Waals surface area (Å²) in [5, 5.41) is 3.50. The summed E-state index contributed by atoms with van der Waals surface area (Å²) >= 11 is 1.88. The van der Waals surface area contributed by atoms with Gasteiger partial charge in [0, 0.05) is 48.2 Å². The molecule has 1 aliphatic carbocycles. The first-order chi connectivity index (χ1) is 31.7. The predicted molar refractivity (Wildman–Crippen MR) is 261 cm³/mol. The molecule has 0 saturated carbocycles. The molecule has 0 N–H and O–H groups in total. The molecule has 11 aromatic rings. The maximum atomic E-state index is 5.55. The van der Waals surface area contributed by atoms with Gasteiger partial charge < -0.3 is 0 Å². The van der Waals surface area contributed by atoms with Gasteiger partial charge in [-0.25, -0.2) is 19.9 Å². The van der Waals surface area contributed by atoms with Gasteiger partial charge in [-0.3, -0.25) is 0 Å². The molecule has 1 aliphatic heterocycles. The Kier molecular flexibility index (Phi) is 8.33. The molecule has 0 fully saturated rings. The first kappa shape index (κ1) is 36.6. The van der Waals surface area contributed by atoms with Crippen molar-refractivity contribution >= 4 is 33.4 Å². The molecule has 298 valence electrons. The van der Waals surface area contributed by atoms with E-state index >= 15 is 0 Å². The fraction of sp³-hybridized carbons (Fsp3) is 0.0169. The second-order valence-corrected chi connectivity index (χ2v) is 17.6. The number of pyridine rings is 1. The van der Waals surface area contributed by atoms with E-state index in [1.54, 1.807) is 0 Å². The van der Waals surface area contributed by atoms with Crippen LogP contribution >= 0.6 is 11.8 Å². The van der Waals surface area contributed by atoms with E-state index in [9.17, 15) is 0 Å². The van der Waals surface area contributed by atoms with Crippen LogP contribution in [0.3, 0.4) is 0 Å². The monoisotopic (exact) mass is 832 g/mol. The van der Waals surface area contributed by atoms with Crippen molar-refractivity contribution in [2.45, 2.75) is 15.2 Å². The average Bonchev–Trinajstić information content (AvgIpc) is 3.67. The lowest BCUT2D eigenvalue weighted by atomic mass is 9.67. The van der Waals surface area contributed by atoms with Gasteiger partial charge in [0.2, 0.25) is 0 Å². The number of hydrogen-bond acceptors (Lipinski definition) is 5. The van der Waals surface area contributed by atoms with E-state index in [-0.39, 0.29) is 0 Å². The highest BCUT2D eigenvalue weighted by Crippen LogP contribution is 2.63. The molecule has 1 spiro atoms. The summed E-state index contributed by atoms with van der Waals surface area (Å²) in [6, 6.07) is 78.0. The van der Waals surface area contributed by atoms with Crippen molar-refractivity contribution in [3.05, 3.63) is 241 Å². The molecule has 0 unspecified atom stereocenters. The predicted octanol–water partition coefficient (Wildman–Crippen LogP) is 14.7. The van der Waals surface area contributed by atoms with Gasteiger partial charge in [0.05, 0.1) is 16.6 Å². The zero-order valence-corrected chi connectivity index (χ0v) is 35.3. The summed E-state index contributed by atoms with van der Waals surface area (Å²) in [6.07, 6.45) is 0. The molecule has 0 radical (unpaired) electrons. The molecular weight excluding hydrogens is 797 g/mol. The second-order valence-electron chi connectivity index (χ2n) is 16.5. The quantitative estimate of drug-likeness (QED) is 0.162. The maximum Gasteiger partial charge on any atom is 0.164 e. The molecule has 0 saturated heterocycles. The number of hydrogen-bond donors (Lipinski definition) is 0. The standard InChI is InChI=1S/C59H36N4S/c1-4-17-37(18-5-1)55-45-33-34-49-54(43-25-10-11-26-46(43)59(49)47-27-12-14-29-51(47)64-52-30-15-13-28-48(52)59)53(45)44-32-31-41(36-50(44)60-55)40-23-16-24-42(35-40)58-62-56(38-19-6-2-7-20-38)61-57(63-58)39-21-8-3-9-22-39/h1-36H. The van der Waals surface area contributed by atoms with E-state index in [0.29, 0.717) is 17.5 Å². The van der Waals surface area contributed by atoms with Gasteiger partial charge in [-0.2, -0.15) is 0 Å². The van der Waals surface area contributed by atoms with Crippen molar-refractivity contribution in [1.82, 2.24) is 19.9 Å². The molecule has 3 heterocycles. The molecule has 0 atom stereocenters. The van der Waals surface area contributed by atoms with Gasteiger partial charge in [-0.15, -0.1) is 0 Å². The lowest BCUT2D eigenvalue weighted by molar-refractivity contribution is 0.723. The van der Waals surface area contributed by atoms with Gasteiger partial charge in [-0.05, 0) is 68.8 Å². The Balaban J connectivity index is 1.04. The van der Waals surface area contributed by atoms with E-state index in [4.69, 9.17) is 19.9 Å². The molecule has 2 aliphatic rings. The van der Waals surface area contributed by atoms with Gasteiger partial charge in [0.1, 0.15) is 0 Å². The third-order valence-corrected chi connectivity index (χ3v) is 14.1. The summed E-state index contributed by atoms with van der Waals surface area (Å²) in [7, 11) is 0. The molecule has 13 rings (SSSR count). The molecule has 9 aromatic carbocycles. The van der Waals surface area contributed by atoms with Gasteiger partial charge in [0.25, 0.3) is 0 Å².